The molecular weight excluding hydrogens is 292 g/mol. The molecule has 0 amide bonds. The highest BCUT2D eigenvalue weighted by Gasteiger charge is 2.33. The number of hydrogen-bond acceptors (Lipinski definition) is 4. The van der Waals surface area contributed by atoms with Gasteiger partial charge in [0.15, 0.2) is 0 Å². The number of rotatable bonds is 5. The molecule has 1 aliphatic rings. The minimum atomic E-state index is -3.12. The molecule has 0 saturated carbocycles. The molecule has 4 nitrogen and oxygen atoms in total. The van der Waals surface area contributed by atoms with Crippen molar-refractivity contribution in [1.29, 1.82) is 0 Å². The summed E-state index contributed by atoms with van der Waals surface area (Å²) >= 11 is 1.55. The molecule has 0 aliphatic carbocycles. The fourth-order valence-electron chi connectivity index (χ4n) is 2.26. The molecule has 6 heteroatoms. The maximum Gasteiger partial charge on any atom is 0.214 e. The predicted octanol–water partition coefficient (Wildman–Crippen LogP) is 2.28. The number of anilines is 1. The van der Waals surface area contributed by atoms with Crippen molar-refractivity contribution in [2.75, 3.05) is 30.3 Å². The number of nitrogen functional groups attached to an aromatic ring is 1. The van der Waals surface area contributed by atoms with Crippen LogP contribution in [0.1, 0.15) is 13.8 Å². The van der Waals surface area contributed by atoms with Crippen molar-refractivity contribution < 1.29 is 8.42 Å². The Balaban J connectivity index is 1.85. The van der Waals surface area contributed by atoms with Gasteiger partial charge in [-0.15, -0.1) is 11.8 Å². The van der Waals surface area contributed by atoms with Gasteiger partial charge in [0.25, 0.3) is 0 Å². The molecular formula is C14H22N2O2S2. The van der Waals surface area contributed by atoms with Gasteiger partial charge in [0, 0.05) is 29.4 Å². The Morgan fingerprint density at radius 1 is 1.20 bits per heavy atom. The second-order valence-corrected chi connectivity index (χ2v) is 8.76. The summed E-state index contributed by atoms with van der Waals surface area (Å²) in [4.78, 5) is 1.05. The molecule has 1 aromatic carbocycles. The van der Waals surface area contributed by atoms with Crippen LogP contribution < -0.4 is 5.73 Å². The first-order valence-electron chi connectivity index (χ1n) is 6.84. The molecule has 0 spiro atoms. The SMILES string of the molecule is CC1CN(S(=O)(=O)CCSc2ccc(N)cc2)CC1C. The standard InChI is InChI=1S/C14H22N2O2S2/c1-11-9-16(10-12(11)2)20(17,18)8-7-19-14-5-3-13(15)4-6-14/h3-6,11-12H,7-10,15H2,1-2H3. The molecule has 2 rings (SSSR count). The van der Waals surface area contributed by atoms with Crippen LogP contribution in [0.3, 0.4) is 0 Å². The van der Waals surface area contributed by atoms with Gasteiger partial charge in [-0.2, -0.15) is 0 Å². The van der Waals surface area contributed by atoms with Crippen molar-refractivity contribution in [3.63, 3.8) is 0 Å². The van der Waals surface area contributed by atoms with Crippen LogP contribution >= 0.6 is 11.8 Å². The van der Waals surface area contributed by atoms with Crippen LogP contribution in [0, 0.1) is 11.8 Å². The van der Waals surface area contributed by atoms with Gasteiger partial charge in [-0.25, -0.2) is 12.7 Å². The van der Waals surface area contributed by atoms with E-state index in [1.54, 1.807) is 16.1 Å². The lowest BCUT2D eigenvalue weighted by molar-refractivity contribution is 0.464. The Bertz CT molecular complexity index is 533. The molecule has 0 aromatic heterocycles. The third-order valence-corrected chi connectivity index (χ3v) is 6.92. The van der Waals surface area contributed by atoms with Crippen molar-refractivity contribution in [2.24, 2.45) is 11.8 Å². The van der Waals surface area contributed by atoms with Crippen LogP contribution in [0.2, 0.25) is 0 Å². The summed E-state index contributed by atoms with van der Waals surface area (Å²) in [5.41, 5.74) is 6.35. The van der Waals surface area contributed by atoms with Crippen molar-refractivity contribution in [3.8, 4) is 0 Å². The Morgan fingerprint density at radius 2 is 1.75 bits per heavy atom. The fourth-order valence-corrected chi connectivity index (χ4v) is 5.18. The van der Waals surface area contributed by atoms with E-state index in [-0.39, 0.29) is 5.75 Å². The van der Waals surface area contributed by atoms with Gasteiger partial charge in [-0.3, -0.25) is 0 Å². The Kier molecular flexibility index (Phi) is 4.99. The lowest BCUT2D eigenvalue weighted by Gasteiger charge is -2.15. The third-order valence-electron chi connectivity index (χ3n) is 3.84. The van der Waals surface area contributed by atoms with Crippen LogP contribution in [0.25, 0.3) is 0 Å². The molecule has 20 heavy (non-hydrogen) atoms. The minimum Gasteiger partial charge on any atom is -0.399 e. The third kappa shape index (κ3) is 3.90. The smallest absolute Gasteiger partial charge is 0.214 e. The summed E-state index contributed by atoms with van der Waals surface area (Å²) in [6.07, 6.45) is 0. The molecule has 1 saturated heterocycles. The van der Waals surface area contributed by atoms with E-state index < -0.39 is 10.0 Å². The first-order valence-corrected chi connectivity index (χ1v) is 9.44. The summed E-state index contributed by atoms with van der Waals surface area (Å²) in [6.45, 7) is 5.55. The maximum atomic E-state index is 12.3. The van der Waals surface area contributed by atoms with Crippen molar-refractivity contribution >= 4 is 27.5 Å². The Labute approximate surface area is 125 Å². The zero-order chi connectivity index (χ0) is 14.8. The molecule has 1 heterocycles. The first kappa shape index (κ1) is 15.7. The monoisotopic (exact) mass is 314 g/mol. The van der Waals surface area contributed by atoms with Gasteiger partial charge in [-0.05, 0) is 36.1 Å². The molecule has 0 bridgehead atoms. The molecule has 1 aliphatic heterocycles. The van der Waals surface area contributed by atoms with Crippen molar-refractivity contribution in [3.05, 3.63) is 24.3 Å². The Morgan fingerprint density at radius 3 is 2.30 bits per heavy atom. The van der Waals surface area contributed by atoms with Crippen LogP contribution in [0.4, 0.5) is 5.69 Å². The van der Waals surface area contributed by atoms with Crippen molar-refractivity contribution in [1.82, 2.24) is 4.31 Å². The van der Waals surface area contributed by atoms with Crippen LogP contribution in [-0.4, -0.2) is 37.3 Å². The number of nitrogens with two attached hydrogens (primary N) is 1. The highest BCUT2D eigenvalue weighted by molar-refractivity contribution is 8.00. The number of sulfonamides is 1. The van der Waals surface area contributed by atoms with Crippen LogP contribution in [0.5, 0.6) is 0 Å². The highest BCUT2D eigenvalue weighted by atomic mass is 32.2. The van der Waals surface area contributed by atoms with Gasteiger partial charge in [0.1, 0.15) is 0 Å². The largest absolute Gasteiger partial charge is 0.399 e. The normalized spacial score (nSPS) is 24.1. The van der Waals surface area contributed by atoms with E-state index in [1.807, 2.05) is 24.3 Å². The van der Waals surface area contributed by atoms with Crippen LogP contribution in [-0.2, 0) is 10.0 Å². The van der Waals surface area contributed by atoms with E-state index in [0.29, 0.717) is 30.7 Å². The average molecular weight is 314 g/mol. The molecule has 2 atom stereocenters. The summed E-state index contributed by atoms with van der Waals surface area (Å²) in [6, 6.07) is 7.51. The topological polar surface area (TPSA) is 63.4 Å². The zero-order valence-electron chi connectivity index (χ0n) is 12.0. The van der Waals surface area contributed by atoms with E-state index in [0.717, 1.165) is 10.6 Å². The maximum absolute atomic E-state index is 12.3. The number of nitrogens with zero attached hydrogens (tertiary/aromatic N) is 1. The van der Waals surface area contributed by atoms with Gasteiger partial charge < -0.3 is 5.73 Å². The Hall–Kier alpha value is -0.720. The summed E-state index contributed by atoms with van der Waals surface area (Å²) in [7, 11) is -3.12. The molecule has 0 radical (unpaired) electrons. The van der Waals surface area contributed by atoms with Gasteiger partial charge >= 0.3 is 0 Å². The lowest BCUT2D eigenvalue weighted by atomic mass is 10.0. The molecule has 1 fully saturated rings. The average Bonchev–Trinajstić information content (AvgIpc) is 2.73. The molecule has 2 unspecified atom stereocenters. The number of thioether (sulfide) groups is 1. The van der Waals surface area contributed by atoms with Crippen LogP contribution in [0.15, 0.2) is 29.2 Å². The quantitative estimate of drug-likeness (QED) is 0.669. The number of benzene rings is 1. The summed E-state index contributed by atoms with van der Waals surface area (Å²) in [5.74, 6) is 1.68. The van der Waals surface area contributed by atoms with E-state index in [9.17, 15) is 8.42 Å². The highest BCUT2D eigenvalue weighted by Crippen LogP contribution is 2.26. The number of hydrogen-bond donors (Lipinski definition) is 1. The van der Waals surface area contributed by atoms with Gasteiger partial charge in [0.2, 0.25) is 10.0 Å². The van der Waals surface area contributed by atoms with Crippen molar-refractivity contribution in [2.45, 2.75) is 18.7 Å². The minimum absolute atomic E-state index is 0.196. The van der Waals surface area contributed by atoms with E-state index in [1.165, 1.54) is 0 Å². The second kappa shape index (κ2) is 6.37. The van der Waals surface area contributed by atoms with Gasteiger partial charge in [0.05, 0.1) is 5.75 Å². The molecule has 2 N–H and O–H groups in total. The fraction of sp³-hybridized carbons (Fsp3) is 0.571. The molecule has 112 valence electrons. The summed E-state index contributed by atoms with van der Waals surface area (Å²) in [5, 5.41) is 0. The zero-order valence-corrected chi connectivity index (χ0v) is 13.6. The first-order chi connectivity index (χ1) is 9.38. The lowest BCUT2D eigenvalue weighted by Crippen LogP contribution is -2.31. The summed E-state index contributed by atoms with van der Waals surface area (Å²) < 4.78 is 26.2. The second-order valence-electron chi connectivity index (χ2n) is 5.51. The van der Waals surface area contributed by atoms with Gasteiger partial charge in [-0.1, -0.05) is 13.8 Å². The van der Waals surface area contributed by atoms with E-state index in [4.69, 9.17) is 5.73 Å². The van der Waals surface area contributed by atoms with E-state index >= 15 is 0 Å². The van der Waals surface area contributed by atoms with E-state index in [2.05, 4.69) is 13.8 Å². The predicted molar refractivity (Wildman–Crippen MR) is 85.3 cm³/mol. The molecule has 1 aromatic rings.